The van der Waals surface area contributed by atoms with Crippen LogP contribution in [0.2, 0.25) is 0 Å². The largest absolute Gasteiger partial charge is 0.305 e. The Kier molecular flexibility index (Phi) is 2.66. The van der Waals surface area contributed by atoms with Crippen molar-refractivity contribution in [1.29, 1.82) is 5.41 Å². The number of rotatable bonds is 1. The molecular formula is C9H10ClN. The van der Waals surface area contributed by atoms with E-state index in [2.05, 4.69) is 0 Å². The molecule has 0 saturated carbocycles. The molecule has 0 radical (unpaired) electrons. The topological polar surface area (TPSA) is 23.9 Å². The van der Waals surface area contributed by atoms with Gasteiger partial charge < -0.3 is 5.41 Å². The Morgan fingerprint density at radius 3 is 2.82 bits per heavy atom. The van der Waals surface area contributed by atoms with Crippen molar-refractivity contribution in [3.63, 3.8) is 0 Å². The van der Waals surface area contributed by atoms with Crippen LogP contribution in [0.4, 0.5) is 0 Å². The van der Waals surface area contributed by atoms with Crippen LogP contribution in [0.1, 0.15) is 13.3 Å². The molecule has 0 aromatic heterocycles. The van der Waals surface area contributed by atoms with Crippen molar-refractivity contribution in [1.82, 2.24) is 0 Å². The van der Waals surface area contributed by atoms with E-state index in [0.717, 1.165) is 17.0 Å². The fourth-order valence-electron chi connectivity index (χ4n) is 0.882. The number of allylic oxidation sites excluding steroid dienone is 6. The van der Waals surface area contributed by atoms with E-state index in [0.29, 0.717) is 5.71 Å². The minimum atomic E-state index is 0.584. The van der Waals surface area contributed by atoms with E-state index >= 15 is 0 Å². The van der Waals surface area contributed by atoms with Gasteiger partial charge in [0.15, 0.2) is 0 Å². The second-order valence-electron chi connectivity index (χ2n) is 2.44. The first kappa shape index (κ1) is 8.28. The van der Waals surface area contributed by atoms with Crippen LogP contribution >= 0.6 is 11.6 Å². The van der Waals surface area contributed by atoms with Crippen molar-refractivity contribution in [2.45, 2.75) is 13.3 Å². The lowest BCUT2D eigenvalue weighted by Crippen LogP contribution is -1.90. The fraction of sp³-hybridized carbons (Fsp3) is 0.222. The van der Waals surface area contributed by atoms with Crippen molar-refractivity contribution < 1.29 is 0 Å². The number of nitrogens with one attached hydrogen (secondary N) is 1. The molecule has 0 bridgehead atoms. The lowest BCUT2D eigenvalue weighted by molar-refractivity contribution is 1.37. The number of hydrogen-bond acceptors (Lipinski definition) is 1. The summed E-state index contributed by atoms with van der Waals surface area (Å²) in [6, 6.07) is 0. The zero-order valence-corrected chi connectivity index (χ0v) is 7.15. The Labute approximate surface area is 71.6 Å². The van der Waals surface area contributed by atoms with Crippen molar-refractivity contribution in [3.05, 3.63) is 34.9 Å². The second kappa shape index (κ2) is 3.54. The predicted molar refractivity (Wildman–Crippen MR) is 49.2 cm³/mol. The zero-order valence-electron chi connectivity index (χ0n) is 6.39. The van der Waals surface area contributed by atoms with Crippen LogP contribution in [0.15, 0.2) is 34.9 Å². The van der Waals surface area contributed by atoms with Gasteiger partial charge >= 0.3 is 0 Å². The van der Waals surface area contributed by atoms with Gasteiger partial charge in [0.1, 0.15) is 0 Å². The van der Waals surface area contributed by atoms with Gasteiger partial charge in [0.2, 0.25) is 0 Å². The molecule has 2 heteroatoms. The minimum Gasteiger partial charge on any atom is -0.305 e. The summed E-state index contributed by atoms with van der Waals surface area (Å²) < 4.78 is 0. The molecule has 1 aliphatic rings. The summed E-state index contributed by atoms with van der Waals surface area (Å²) in [6.45, 7) is 1.77. The highest BCUT2D eigenvalue weighted by atomic mass is 35.5. The maximum atomic E-state index is 7.37. The van der Waals surface area contributed by atoms with Gasteiger partial charge in [0.05, 0.1) is 0 Å². The van der Waals surface area contributed by atoms with Gasteiger partial charge in [-0.1, -0.05) is 29.8 Å². The van der Waals surface area contributed by atoms with Gasteiger partial charge in [-0.3, -0.25) is 0 Å². The molecule has 0 fully saturated rings. The molecule has 58 valence electrons. The van der Waals surface area contributed by atoms with Crippen LogP contribution in [-0.2, 0) is 0 Å². The minimum absolute atomic E-state index is 0.584. The predicted octanol–water partition coefficient (Wildman–Crippen LogP) is 3.04. The third kappa shape index (κ3) is 2.35. The SMILES string of the molecule is CC(=N)C1=CCC=C(Cl)C=C1. The monoisotopic (exact) mass is 167 g/mol. The van der Waals surface area contributed by atoms with Gasteiger partial charge in [-0.2, -0.15) is 0 Å². The van der Waals surface area contributed by atoms with Crippen molar-refractivity contribution in [2.24, 2.45) is 0 Å². The Morgan fingerprint density at radius 2 is 2.18 bits per heavy atom. The van der Waals surface area contributed by atoms with Crippen molar-refractivity contribution in [2.75, 3.05) is 0 Å². The van der Waals surface area contributed by atoms with Gasteiger partial charge in [-0.15, -0.1) is 0 Å². The van der Waals surface area contributed by atoms with Crippen molar-refractivity contribution in [3.8, 4) is 0 Å². The van der Waals surface area contributed by atoms with Gasteiger partial charge in [0.25, 0.3) is 0 Å². The summed E-state index contributed by atoms with van der Waals surface area (Å²) in [7, 11) is 0. The molecule has 1 N–H and O–H groups in total. The van der Waals surface area contributed by atoms with E-state index in [-0.39, 0.29) is 0 Å². The first-order chi connectivity index (χ1) is 5.20. The van der Waals surface area contributed by atoms with Gasteiger partial charge in [0, 0.05) is 10.7 Å². The molecule has 1 nitrogen and oxygen atoms in total. The van der Waals surface area contributed by atoms with Gasteiger partial charge in [-0.25, -0.2) is 0 Å². The standard InChI is InChI=1S/C9H10ClN/c1-7(11)8-3-2-4-9(10)6-5-8/h3-6,11H,2H2,1H3. The summed E-state index contributed by atoms with van der Waals surface area (Å²) in [4.78, 5) is 0. The fourth-order valence-corrected chi connectivity index (χ4v) is 1.03. The Hall–Kier alpha value is -0.820. The molecule has 0 saturated heterocycles. The van der Waals surface area contributed by atoms with Crippen LogP contribution < -0.4 is 0 Å². The molecule has 0 aromatic carbocycles. The highest BCUT2D eigenvalue weighted by Gasteiger charge is 1.97. The molecule has 0 aliphatic heterocycles. The molecule has 0 aromatic rings. The molecular weight excluding hydrogens is 158 g/mol. The summed E-state index contributed by atoms with van der Waals surface area (Å²) in [5.74, 6) is 0. The van der Waals surface area contributed by atoms with E-state index in [1.807, 2.05) is 24.3 Å². The van der Waals surface area contributed by atoms with Crippen LogP contribution in [0, 0.1) is 5.41 Å². The van der Waals surface area contributed by atoms with Crippen molar-refractivity contribution >= 4 is 17.3 Å². The summed E-state index contributed by atoms with van der Waals surface area (Å²) >= 11 is 5.76. The average molecular weight is 168 g/mol. The Balaban J connectivity index is 2.82. The van der Waals surface area contributed by atoms with E-state index in [1.165, 1.54) is 0 Å². The third-order valence-corrected chi connectivity index (χ3v) is 1.79. The molecule has 0 atom stereocenters. The zero-order chi connectivity index (χ0) is 8.27. The molecule has 0 spiro atoms. The molecule has 0 unspecified atom stereocenters. The lowest BCUT2D eigenvalue weighted by atomic mass is 10.1. The lowest BCUT2D eigenvalue weighted by Gasteiger charge is -1.94. The van der Waals surface area contributed by atoms with E-state index in [1.54, 1.807) is 6.92 Å². The van der Waals surface area contributed by atoms with Crippen LogP contribution in [0.25, 0.3) is 0 Å². The summed E-state index contributed by atoms with van der Waals surface area (Å²) in [5, 5.41) is 8.11. The first-order valence-electron chi connectivity index (χ1n) is 3.49. The van der Waals surface area contributed by atoms with E-state index in [4.69, 9.17) is 17.0 Å². The average Bonchev–Trinajstić information content (AvgIpc) is 2.13. The Bertz CT molecular complexity index is 259. The summed E-state index contributed by atoms with van der Waals surface area (Å²) in [6.07, 6.45) is 8.42. The molecule has 0 heterocycles. The third-order valence-electron chi connectivity index (χ3n) is 1.51. The highest BCUT2D eigenvalue weighted by molar-refractivity contribution is 6.31. The summed E-state index contributed by atoms with van der Waals surface area (Å²) in [5.41, 5.74) is 1.54. The molecule has 1 aliphatic carbocycles. The highest BCUT2D eigenvalue weighted by Crippen LogP contribution is 2.13. The van der Waals surface area contributed by atoms with Crippen LogP contribution in [-0.4, -0.2) is 5.71 Å². The first-order valence-corrected chi connectivity index (χ1v) is 3.87. The quantitative estimate of drug-likeness (QED) is 0.581. The van der Waals surface area contributed by atoms with Crippen LogP contribution in [0.5, 0.6) is 0 Å². The van der Waals surface area contributed by atoms with Gasteiger partial charge in [-0.05, 0) is 25.0 Å². The molecule has 1 rings (SSSR count). The van der Waals surface area contributed by atoms with E-state index in [9.17, 15) is 0 Å². The Morgan fingerprint density at radius 1 is 1.45 bits per heavy atom. The van der Waals surface area contributed by atoms with E-state index < -0.39 is 0 Å². The normalized spacial score (nSPS) is 16.9. The molecule has 11 heavy (non-hydrogen) atoms. The van der Waals surface area contributed by atoms with Crippen LogP contribution in [0.3, 0.4) is 0 Å². The maximum Gasteiger partial charge on any atom is 0.0369 e. The second-order valence-corrected chi connectivity index (χ2v) is 2.88. The molecule has 0 amide bonds. The number of hydrogen-bond donors (Lipinski definition) is 1. The number of halogens is 1. The maximum absolute atomic E-state index is 7.37. The smallest absolute Gasteiger partial charge is 0.0369 e.